The van der Waals surface area contributed by atoms with Crippen molar-refractivity contribution >= 4 is 29.5 Å². The molecule has 0 aliphatic rings. The molecule has 0 atom stereocenters. The van der Waals surface area contributed by atoms with Crippen molar-refractivity contribution in [2.24, 2.45) is 0 Å². The van der Waals surface area contributed by atoms with Crippen LogP contribution in [-0.2, 0) is 4.79 Å². The second kappa shape index (κ2) is 7.14. The molecule has 0 spiro atoms. The smallest absolute Gasteiger partial charge is 0.242 e. The van der Waals surface area contributed by atoms with Crippen molar-refractivity contribution in [2.75, 3.05) is 31.6 Å². The number of amides is 1. The van der Waals surface area contributed by atoms with E-state index in [9.17, 15) is 9.59 Å². The first kappa shape index (κ1) is 15.5. The molecule has 0 unspecified atom stereocenters. The maximum atomic E-state index is 12.1. The molecule has 0 aromatic heterocycles. The lowest BCUT2D eigenvalue weighted by atomic mass is 10.2. The van der Waals surface area contributed by atoms with Gasteiger partial charge < -0.3 is 9.80 Å². The number of benzene rings is 1. The Morgan fingerprint density at radius 3 is 2.47 bits per heavy atom. The second-order valence-electron chi connectivity index (χ2n) is 4.22. The zero-order valence-corrected chi connectivity index (χ0v) is 12.3. The van der Waals surface area contributed by atoms with Crippen LogP contribution in [-0.4, -0.2) is 43.8 Å². The zero-order chi connectivity index (χ0) is 14.4. The van der Waals surface area contributed by atoms with Gasteiger partial charge in [0.2, 0.25) is 5.91 Å². The van der Waals surface area contributed by atoms with Crippen LogP contribution in [0.3, 0.4) is 0 Å². The van der Waals surface area contributed by atoms with Gasteiger partial charge in [0.05, 0.1) is 17.3 Å². The van der Waals surface area contributed by atoms with Gasteiger partial charge >= 0.3 is 0 Å². The second-order valence-corrected chi connectivity index (χ2v) is 4.62. The largest absolute Gasteiger partial charge is 0.363 e. The lowest BCUT2D eigenvalue weighted by molar-refractivity contribution is -0.129. The quantitative estimate of drug-likeness (QED) is 0.753. The fourth-order valence-corrected chi connectivity index (χ4v) is 2.31. The van der Waals surface area contributed by atoms with Crippen molar-refractivity contribution in [3.63, 3.8) is 0 Å². The van der Waals surface area contributed by atoms with Crippen LogP contribution in [0.15, 0.2) is 18.2 Å². The summed E-state index contributed by atoms with van der Waals surface area (Å²) in [7, 11) is 1.76. The predicted molar refractivity (Wildman–Crippen MR) is 78.0 cm³/mol. The Balaban J connectivity index is 2.92. The molecule has 0 aliphatic carbocycles. The zero-order valence-electron chi connectivity index (χ0n) is 11.5. The summed E-state index contributed by atoms with van der Waals surface area (Å²) < 4.78 is 0. The Bertz CT molecular complexity index is 459. The molecule has 0 saturated carbocycles. The van der Waals surface area contributed by atoms with Gasteiger partial charge in [-0.15, -0.1) is 0 Å². The lowest BCUT2D eigenvalue weighted by Gasteiger charge is -2.25. The molecule has 0 saturated heterocycles. The number of hydrogen-bond acceptors (Lipinski definition) is 3. The van der Waals surface area contributed by atoms with Crippen LogP contribution in [0.4, 0.5) is 5.69 Å². The first-order valence-electron chi connectivity index (χ1n) is 6.27. The molecule has 0 aliphatic heterocycles. The number of rotatable bonds is 6. The molecule has 0 radical (unpaired) electrons. The molecule has 1 aromatic rings. The van der Waals surface area contributed by atoms with E-state index >= 15 is 0 Å². The lowest BCUT2D eigenvalue weighted by Crippen LogP contribution is -2.39. The van der Waals surface area contributed by atoms with Crippen molar-refractivity contribution in [1.82, 2.24) is 4.90 Å². The van der Waals surface area contributed by atoms with Crippen molar-refractivity contribution in [3.8, 4) is 0 Å². The maximum absolute atomic E-state index is 12.1. The number of para-hydroxylation sites is 1. The summed E-state index contributed by atoms with van der Waals surface area (Å²) in [6.45, 7) is 5.42. The molecule has 0 bridgehead atoms. The molecule has 1 aromatic carbocycles. The third kappa shape index (κ3) is 3.70. The highest BCUT2D eigenvalue weighted by Gasteiger charge is 2.16. The molecule has 5 heteroatoms. The summed E-state index contributed by atoms with van der Waals surface area (Å²) >= 11 is 6.11. The van der Waals surface area contributed by atoms with Crippen molar-refractivity contribution in [2.45, 2.75) is 13.8 Å². The Labute approximate surface area is 118 Å². The van der Waals surface area contributed by atoms with Gasteiger partial charge in [0.15, 0.2) is 6.29 Å². The van der Waals surface area contributed by atoms with E-state index in [-0.39, 0.29) is 12.5 Å². The predicted octanol–water partition coefficient (Wildman–Crippen LogP) is 2.46. The first-order valence-corrected chi connectivity index (χ1v) is 6.65. The fourth-order valence-electron chi connectivity index (χ4n) is 1.99. The molecule has 1 rings (SSSR count). The van der Waals surface area contributed by atoms with Crippen molar-refractivity contribution in [1.29, 1.82) is 0 Å². The highest BCUT2D eigenvalue weighted by molar-refractivity contribution is 6.34. The van der Waals surface area contributed by atoms with Crippen LogP contribution in [0, 0.1) is 0 Å². The fraction of sp³-hybridized carbons (Fsp3) is 0.429. The summed E-state index contributed by atoms with van der Waals surface area (Å²) in [5.74, 6) is 0.0178. The Hall–Kier alpha value is -1.55. The number of carbonyl (C=O) groups excluding carboxylic acids is 2. The summed E-state index contributed by atoms with van der Waals surface area (Å²) in [6.07, 6.45) is 0.750. The number of halogens is 1. The average Bonchev–Trinajstić information content (AvgIpc) is 2.39. The minimum Gasteiger partial charge on any atom is -0.363 e. The van der Waals surface area contributed by atoms with E-state index in [0.717, 1.165) is 6.29 Å². The molecule has 0 fully saturated rings. The molecule has 0 N–H and O–H groups in total. The van der Waals surface area contributed by atoms with Crippen LogP contribution < -0.4 is 4.90 Å². The van der Waals surface area contributed by atoms with Gasteiger partial charge in [-0.25, -0.2) is 0 Å². The SMILES string of the molecule is CCN(CC)C(=O)CN(C)c1c(Cl)cccc1C=O. The number of anilines is 1. The van der Waals surface area contributed by atoms with Gasteiger partial charge in [-0.3, -0.25) is 9.59 Å². The van der Waals surface area contributed by atoms with Crippen LogP contribution in [0.25, 0.3) is 0 Å². The van der Waals surface area contributed by atoms with E-state index in [1.807, 2.05) is 13.8 Å². The summed E-state index contributed by atoms with van der Waals surface area (Å²) in [5, 5.41) is 0.472. The van der Waals surface area contributed by atoms with Gasteiger partial charge in [-0.05, 0) is 26.0 Å². The molecule has 0 heterocycles. The Morgan fingerprint density at radius 1 is 1.32 bits per heavy atom. The number of nitrogens with zero attached hydrogens (tertiary/aromatic N) is 2. The molecule has 104 valence electrons. The van der Waals surface area contributed by atoms with Crippen LogP contribution in [0.1, 0.15) is 24.2 Å². The summed E-state index contributed by atoms with van der Waals surface area (Å²) in [5.41, 5.74) is 1.09. The van der Waals surface area contributed by atoms with Crippen LogP contribution in [0.5, 0.6) is 0 Å². The third-order valence-corrected chi connectivity index (χ3v) is 3.32. The minimum atomic E-state index is 0.0178. The van der Waals surface area contributed by atoms with Crippen molar-refractivity contribution < 1.29 is 9.59 Å². The first-order chi connectivity index (χ1) is 9.04. The van der Waals surface area contributed by atoms with E-state index in [0.29, 0.717) is 29.4 Å². The summed E-state index contributed by atoms with van der Waals surface area (Å²) in [4.78, 5) is 26.5. The normalized spacial score (nSPS) is 10.1. The monoisotopic (exact) mass is 282 g/mol. The molecular weight excluding hydrogens is 264 g/mol. The summed E-state index contributed by atoms with van der Waals surface area (Å²) in [6, 6.07) is 5.12. The van der Waals surface area contributed by atoms with Gasteiger partial charge in [0.25, 0.3) is 0 Å². The molecular formula is C14H19ClN2O2. The van der Waals surface area contributed by atoms with Crippen LogP contribution >= 0.6 is 11.6 Å². The third-order valence-electron chi connectivity index (χ3n) is 3.02. The highest BCUT2D eigenvalue weighted by Crippen LogP contribution is 2.27. The van der Waals surface area contributed by atoms with E-state index in [2.05, 4.69) is 0 Å². The van der Waals surface area contributed by atoms with E-state index < -0.39 is 0 Å². The van der Waals surface area contributed by atoms with E-state index in [1.54, 1.807) is 35.0 Å². The van der Waals surface area contributed by atoms with E-state index in [4.69, 9.17) is 11.6 Å². The van der Waals surface area contributed by atoms with Gasteiger partial charge in [-0.2, -0.15) is 0 Å². The number of carbonyl (C=O) groups is 2. The molecule has 1 amide bonds. The minimum absolute atomic E-state index is 0.0178. The van der Waals surface area contributed by atoms with Gasteiger partial charge in [0.1, 0.15) is 0 Å². The number of aldehydes is 1. The molecule has 19 heavy (non-hydrogen) atoms. The standard InChI is InChI=1S/C14H19ClN2O2/c1-4-17(5-2)13(19)9-16(3)14-11(10-18)7-6-8-12(14)15/h6-8,10H,4-5,9H2,1-3H3. The Morgan fingerprint density at radius 2 is 1.95 bits per heavy atom. The Kier molecular flexibility index (Phi) is 5.83. The van der Waals surface area contributed by atoms with E-state index in [1.165, 1.54) is 0 Å². The maximum Gasteiger partial charge on any atom is 0.242 e. The topological polar surface area (TPSA) is 40.6 Å². The molecule has 4 nitrogen and oxygen atoms in total. The van der Waals surface area contributed by atoms with Gasteiger partial charge in [0, 0.05) is 25.7 Å². The highest BCUT2D eigenvalue weighted by atomic mass is 35.5. The van der Waals surface area contributed by atoms with Gasteiger partial charge in [-0.1, -0.05) is 17.7 Å². The average molecular weight is 283 g/mol. The van der Waals surface area contributed by atoms with Crippen molar-refractivity contribution in [3.05, 3.63) is 28.8 Å². The number of likely N-dealkylation sites (N-methyl/N-ethyl adjacent to an activating group) is 2. The van der Waals surface area contributed by atoms with Crippen LogP contribution in [0.2, 0.25) is 5.02 Å². The number of hydrogen-bond donors (Lipinski definition) is 0.